The lowest BCUT2D eigenvalue weighted by molar-refractivity contribution is -0.143. The zero-order valence-electron chi connectivity index (χ0n) is 21.6. The fourth-order valence-electron chi connectivity index (χ4n) is 4.79. The third-order valence-corrected chi connectivity index (χ3v) is 7.46. The van der Waals surface area contributed by atoms with Gasteiger partial charge in [-0.25, -0.2) is 0 Å². The molecule has 3 aromatic rings. The number of nitrogens with zero attached hydrogens (tertiary/aromatic N) is 1. The molecule has 0 heterocycles. The van der Waals surface area contributed by atoms with Crippen molar-refractivity contribution in [2.75, 3.05) is 6.61 Å². The van der Waals surface area contributed by atoms with Gasteiger partial charge in [-0.3, -0.25) is 9.59 Å². The van der Waals surface area contributed by atoms with Crippen molar-refractivity contribution in [2.45, 2.75) is 64.6 Å². The third kappa shape index (κ3) is 7.68. The van der Waals surface area contributed by atoms with E-state index in [0.29, 0.717) is 18.7 Å². The monoisotopic (exact) mass is 562 g/mol. The fraction of sp³-hybridized carbons (Fsp3) is 0.355. The molecule has 3 aromatic carbocycles. The van der Waals surface area contributed by atoms with Gasteiger partial charge >= 0.3 is 0 Å². The van der Waals surface area contributed by atoms with Gasteiger partial charge in [0.2, 0.25) is 5.91 Å². The molecule has 0 aromatic heterocycles. The molecule has 5 nitrogen and oxygen atoms in total. The summed E-state index contributed by atoms with van der Waals surface area (Å²) in [5.74, 6) is 0.367. The van der Waals surface area contributed by atoms with Crippen molar-refractivity contribution >= 4 is 27.7 Å². The summed E-state index contributed by atoms with van der Waals surface area (Å²) in [6.45, 7) is 4.14. The van der Waals surface area contributed by atoms with Crippen LogP contribution in [0.4, 0.5) is 0 Å². The second kappa shape index (κ2) is 12.9. The van der Waals surface area contributed by atoms with E-state index in [-0.39, 0.29) is 24.5 Å². The van der Waals surface area contributed by atoms with Crippen LogP contribution in [-0.4, -0.2) is 35.4 Å². The first-order valence-corrected chi connectivity index (χ1v) is 13.8. The minimum absolute atomic E-state index is 0.104. The highest BCUT2D eigenvalue weighted by atomic mass is 79.9. The number of benzene rings is 3. The van der Waals surface area contributed by atoms with E-state index in [1.807, 2.05) is 86.6 Å². The molecule has 0 bridgehead atoms. The maximum absolute atomic E-state index is 13.8. The molecule has 0 radical (unpaired) electrons. The van der Waals surface area contributed by atoms with Crippen molar-refractivity contribution in [2.24, 2.45) is 0 Å². The minimum atomic E-state index is -0.652. The fourth-order valence-corrected chi connectivity index (χ4v) is 5.06. The van der Waals surface area contributed by atoms with Crippen molar-refractivity contribution in [3.05, 3.63) is 99.5 Å². The average Bonchev–Trinajstić information content (AvgIpc) is 3.41. The first-order valence-electron chi connectivity index (χ1n) is 13.0. The number of amides is 2. The van der Waals surface area contributed by atoms with Crippen molar-refractivity contribution in [3.8, 4) is 5.75 Å². The van der Waals surface area contributed by atoms with Crippen LogP contribution >= 0.6 is 15.9 Å². The summed E-state index contributed by atoms with van der Waals surface area (Å²) in [5, 5.41) is 3.24. The smallest absolute Gasteiger partial charge is 0.261 e. The maximum atomic E-state index is 13.8. The van der Waals surface area contributed by atoms with E-state index in [9.17, 15) is 9.59 Å². The highest BCUT2D eigenvalue weighted by molar-refractivity contribution is 9.10. The van der Waals surface area contributed by atoms with Crippen molar-refractivity contribution in [3.63, 3.8) is 0 Å². The summed E-state index contributed by atoms with van der Waals surface area (Å²) in [6.07, 6.45) is 4.66. The van der Waals surface area contributed by atoms with Gasteiger partial charge in [-0.2, -0.15) is 0 Å². The molecule has 1 atom stereocenters. The Kier molecular flexibility index (Phi) is 9.40. The van der Waals surface area contributed by atoms with Gasteiger partial charge in [0, 0.05) is 23.5 Å². The summed E-state index contributed by atoms with van der Waals surface area (Å²) in [7, 11) is 0. The van der Waals surface area contributed by atoms with Crippen molar-refractivity contribution < 1.29 is 14.3 Å². The number of hydrogen-bond donors (Lipinski definition) is 1. The van der Waals surface area contributed by atoms with Gasteiger partial charge < -0.3 is 15.0 Å². The lowest BCUT2D eigenvalue weighted by atomic mass is 10.0. The molecule has 1 saturated carbocycles. The zero-order chi connectivity index (χ0) is 26.2. The molecule has 0 unspecified atom stereocenters. The van der Waals surface area contributed by atoms with Gasteiger partial charge in [0.05, 0.1) is 0 Å². The Morgan fingerprint density at radius 2 is 1.68 bits per heavy atom. The van der Waals surface area contributed by atoms with Gasteiger partial charge in [0.25, 0.3) is 5.91 Å². The standard InChI is InChI=1S/C31H35BrN2O3/c1-22-12-13-23(2)29(18-22)37-21-30(35)34(20-25-14-16-26(32)17-15-25)28(19-24-8-4-3-5-9-24)31(36)33-27-10-6-7-11-27/h3-5,8-9,12-18,27-28H,6-7,10-11,19-21H2,1-2H3,(H,33,36)/t28-/m0/s1. The summed E-state index contributed by atoms with van der Waals surface area (Å²) >= 11 is 3.48. The van der Waals surface area contributed by atoms with E-state index in [1.165, 1.54) is 0 Å². The first-order chi connectivity index (χ1) is 17.9. The Labute approximate surface area is 228 Å². The van der Waals surface area contributed by atoms with E-state index in [2.05, 4.69) is 21.2 Å². The molecule has 4 rings (SSSR count). The number of halogens is 1. The molecule has 1 fully saturated rings. The molecule has 0 aliphatic heterocycles. The molecule has 2 amide bonds. The van der Waals surface area contributed by atoms with E-state index >= 15 is 0 Å². The van der Waals surface area contributed by atoms with Crippen LogP contribution in [0.5, 0.6) is 5.75 Å². The van der Waals surface area contributed by atoms with Crippen LogP contribution in [0.15, 0.2) is 77.3 Å². The van der Waals surface area contributed by atoms with Crippen LogP contribution in [0.2, 0.25) is 0 Å². The van der Waals surface area contributed by atoms with Gasteiger partial charge in [0.15, 0.2) is 6.61 Å². The van der Waals surface area contributed by atoms with Gasteiger partial charge in [0.1, 0.15) is 11.8 Å². The quantitative estimate of drug-likeness (QED) is 0.322. The van der Waals surface area contributed by atoms with Gasteiger partial charge in [-0.1, -0.05) is 83.4 Å². The molecule has 1 aliphatic rings. The van der Waals surface area contributed by atoms with Crippen molar-refractivity contribution in [1.82, 2.24) is 10.2 Å². The van der Waals surface area contributed by atoms with E-state index in [1.54, 1.807) is 4.90 Å². The summed E-state index contributed by atoms with van der Waals surface area (Å²) in [6, 6.07) is 23.2. The predicted molar refractivity (Wildman–Crippen MR) is 150 cm³/mol. The van der Waals surface area contributed by atoms with E-state index in [4.69, 9.17) is 4.74 Å². The van der Waals surface area contributed by atoms with Crippen LogP contribution < -0.4 is 10.1 Å². The second-order valence-electron chi connectivity index (χ2n) is 9.90. The summed E-state index contributed by atoms with van der Waals surface area (Å²) in [4.78, 5) is 29.2. The SMILES string of the molecule is Cc1ccc(C)c(OCC(=O)N(Cc2ccc(Br)cc2)[C@@H](Cc2ccccc2)C(=O)NC2CCCC2)c1. The second-order valence-corrected chi connectivity index (χ2v) is 10.8. The maximum Gasteiger partial charge on any atom is 0.261 e. The molecule has 0 saturated heterocycles. The topological polar surface area (TPSA) is 58.6 Å². The molecule has 194 valence electrons. The Morgan fingerprint density at radius 1 is 0.973 bits per heavy atom. The number of carbonyl (C=O) groups is 2. The van der Waals surface area contributed by atoms with E-state index < -0.39 is 6.04 Å². The normalized spacial score (nSPS) is 14.2. The van der Waals surface area contributed by atoms with Crippen molar-refractivity contribution in [1.29, 1.82) is 0 Å². The first kappa shape index (κ1) is 26.9. The molecule has 1 aliphatic carbocycles. The van der Waals surface area contributed by atoms with Crippen LogP contribution in [0, 0.1) is 13.8 Å². The highest BCUT2D eigenvalue weighted by Crippen LogP contribution is 2.22. The minimum Gasteiger partial charge on any atom is -0.483 e. The van der Waals surface area contributed by atoms with Crippen LogP contribution in [-0.2, 0) is 22.6 Å². The van der Waals surface area contributed by atoms with Crippen LogP contribution in [0.3, 0.4) is 0 Å². The van der Waals surface area contributed by atoms with Gasteiger partial charge in [-0.15, -0.1) is 0 Å². The zero-order valence-corrected chi connectivity index (χ0v) is 23.2. The number of hydrogen-bond acceptors (Lipinski definition) is 3. The molecular weight excluding hydrogens is 528 g/mol. The number of rotatable bonds is 10. The average molecular weight is 564 g/mol. The molecular formula is C31H35BrN2O3. The number of carbonyl (C=O) groups excluding carboxylic acids is 2. The predicted octanol–water partition coefficient (Wildman–Crippen LogP) is 6.14. The van der Waals surface area contributed by atoms with E-state index in [0.717, 1.165) is 52.4 Å². The van der Waals surface area contributed by atoms with Crippen LogP contribution in [0.25, 0.3) is 0 Å². The Hall–Kier alpha value is -3.12. The lowest BCUT2D eigenvalue weighted by Gasteiger charge is -2.32. The Balaban J connectivity index is 1.62. The molecule has 37 heavy (non-hydrogen) atoms. The highest BCUT2D eigenvalue weighted by Gasteiger charge is 2.32. The summed E-state index contributed by atoms with van der Waals surface area (Å²) in [5.41, 5.74) is 4.00. The Bertz CT molecular complexity index is 1190. The number of aryl methyl sites for hydroxylation is 2. The van der Waals surface area contributed by atoms with Crippen LogP contribution in [0.1, 0.15) is 47.9 Å². The number of nitrogens with one attached hydrogen (secondary N) is 1. The molecule has 1 N–H and O–H groups in total. The largest absolute Gasteiger partial charge is 0.483 e. The van der Waals surface area contributed by atoms with Gasteiger partial charge in [-0.05, 0) is 67.1 Å². The summed E-state index contributed by atoms with van der Waals surface area (Å²) < 4.78 is 6.97. The third-order valence-electron chi connectivity index (χ3n) is 6.93. The Morgan fingerprint density at radius 3 is 2.38 bits per heavy atom. The molecule has 0 spiro atoms. The molecule has 6 heteroatoms. The number of ether oxygens (including phenoxy) is 1. The lowest BCUT2D eigenvalue weighted by Crippen LogP contribution is -2.53.